The maximum Gasteiger partial charge on any atom is 0.550 e. The lowest BCUT2D eigenvalue weighted by Crippen LogP contribution is -2.62. The summed E-state index contributed by atoms with van der Waals surface area (Å²) < 4.78 is 10.7. The fraction of sp³-hybridized carbons (Fsp3) is 0.500. The predicted molar refractivity (Wildman–Crippen MR) is 129 cm³/mol. The van der Waals surface area contributed by atoms with E-state index < -0.39 is 6.16 Å². The molecule has 35 heavy (non-hydrogen) atoms. The van der Waals surface area contributed by atoms with Crippen molar-refractivity contribution in [3.05, 3.63) is 65.2 Å². The van der Waals surface area contributed by atoms with Gasteiger partial charge in [0, 0.05) is 18.0 Å². The van der Waals surface area contributed by atoms with Gasteiger partial charge < -0.3 is 14.4 Å². The predicted octanol–water partition coefficient (Wildman–Crippen LogP) is 5.94. The average molecular weight is 480 g/mol. The first-order chi connectivity index (χ1) is 17.0. The fourth-order valence-corrected chi connectivity index (χ4v) is 6.36. The molecule has 2 fully saturated rings. The van der Waals surface area contributed by atoms with E-state index in [1.54, 1.807) is 13.8 Å². The molecular weight excluding hydrogens is 446 g/mol. The van der Waals surface area contributed by atoms with Crippen LogP contribution >= 0.6 is 0 Å². The highest BCUT2D eigenvalue weighted by Crippen LogP contribution is 2.56. The number of amides is 1. The molecule has 5 rings (SSSR count). The summed E-state index contributed by atoms with van der Waals surface area (Å²) in [5, 5.41) is 0. The highest BCUT2D eigenvalue weighted by Gasteiger charge is 2.55. The Balaban J connectivity index is 1.34. The number of hydrogen-bond acceptors (Lipinski definition) is 6. The van der Waals surface area contributed by atoms with Crippen LogP contribution in [-0.2, 0) is 32.8 Å². The van der Waals surface area contributed by atoms with Crippen LogP contribution in [-0.4, -0.2) is 35.8 Å². The standard InChI is InChI=1S/C28H33NO6/c1-19(2)33-27(31)35-34-22-12-11-21-16-25-23-10-6-7-13-28(23,24(21)17-22)14-15-29(25)26(30)32-18-20-8-4-3-5-9-20/h3-5,8-9,11-12,17,19,23,25H,6-7,10,13-16,18H2,1-2H3/t23-,25+,28+/m0/s1. The second-order valence-electron chi connectivity index (χ2n) is 10.2. The molecule has 1 saturated heterocycles. The molecule has 2 bridgehead atoms. The zero-order valence-corrected chi connectivity index (χ0v) is 20.4. The average Bonchev–Trinajstić information content (AvgIpc) is 2.86. The van der Waals surface area contributed by atoms with Crippen molar-refractivity contribution in [3.63, 3.8) is 0 Å². The molecule has 1 saturated carbocycles. The monoisotopic (exact) mass is 479 g/mol. The molecule has 1 heterocycles. The molecule has 3 atom stereocenters. The van der Waals surface area contributed by atoms with Crippen LogP contribution in [0.2, 0.25) is 0 Å². The van der Waals surface area contributed by atoms with Crippen molar-refractivity contribution in [2.24, 2.45) is 5.92 Å². The Hall–Kier alpha value is -3.22. The zero-order valence-electron chi connectivity index (χ0n) is 20.4. The van der Waals surface area contributed by atoms with Crippen LogP contribution < -0.4 is 4.89 Å². The minimum absolute atomic E-state index is 0.00449. The fourth-order valence-electron chi connectivity index (χ4n) is 6.36. The number of carbonyl (C=O) groups excluding carboxylic acids is 2. The first kappa shape index (κ1) is 23.5. The smallest absolute Gasteiger partial charge is 0.445 e. The summed E-state index contributed by atoms with van der Waals surface area (Å²) in [4.78, 5) is 37.0. The highest BCUT2D eigenvalue weighted by atomic mass is 17.2. The van der Waals surface area contributed by atoms with Crippen molar-refractivity contribution >= 4 is 12.2 Å². The molecule has 1 amide bonds. The number of hydrogen-bond donors (Lipinski definition) is 0. The zero-order chi connectivity index (χ0) is 24.4. The van der Waals surface area contributed by atoms with Gasteiger partial charge in [0.25, 0.3) is 0 Å². The number of ether oxygens (including phenoxy) is 2. The molecule has 2 aliphatic carbocycles. The van der Waals surface area contributed by atoms with Gasteiger partial charge in [-0.25, -0.2) is 9.68 Å². The molecular formula is C28H33NO6. The second-order valence-corrected chi connectivity index (χ2v) is 10.2. The summed E-state index contributed by atoms with van der Waals surface area (Å²) in [5.41, 5.74) is 3.50. The molecule has 0 N–H and O–H groups in total. The minimum atomic E-state index is -0.853. The van der Waals surface area contributed by atoms with Crippen LogP contribution in [0.25, 0.3) is 0 Å². The largest absolute Gasteiger partial charge is 0.550 e. The van der Waals surface area contributed by atoms with Crippen LogP contribution in [0.3, 0.4) is 0 Å². The minimum Gasteiger partial charge on any atom is -0.445 e. The van der Waals surface area contributed by atoms with Gasteiger partial charge in [0.05, 0.1) is 6.10 Å². The van der Waals surface area contributed by atoms with E-state index in [1.165, 1.54) is 24.0 Å². The van der Waals surface area contributed by atoms with Crippen LogP contribution in [0.15, 0.2) is 48.5 Å². The van der Waals surface area contributed by atoms with Gasteiger partial charge in [-0.05, 0) is 74.3 Å². The summed E-state index contributed by atoms with van der Waals surface area (Å²) in [6, 6.07) is 15.8. The van der Waals surface area contributed by atoms with E-state index in [0.717, 1.165) is 31.2 Å². The SMILES string of the molecule is CC(C)OC(=O)OOc1ccc2c(c1)[C@@]13CCCC[C@H]1[C@@H](C2)N(C(=O)OCc1ccccc1)CC3. The Labute approximate surface area is 206 Å². The molecule has 0 radical (unpaired) electrons. The molecule has 0 spiro atoms. The number of benzene rings is 2. The summed E-state index contributed by atoms with van der Waals surface area (Å²) in [7, 11) is 0. The number of fused-ring (bicyclic) bond motifs is 1. The Morgan fingerprint density at radius 1 is 1.09 bits per heavy atom. The van der Waals surface area contributed by atoms with E-state index in [9.17, 15) is 9.59 Å². The van der Waals surface area contributed by atoms with Crippen molar-refractivity contribution in [2.45, 2.75) is 76.5 Å². The number of rotatable bonds is 5. The number of piperidine rings is 1. The van der Waals surface area contributed by atoms with E-state index in [2.05, 4.69) is 0 Å². The lowest BCUT2D eigenvalue weighted by molar-refractivity contribution is -0.172. The van der Waals surface area contributed by atoms with E-state index in [-0.39, 0.29) is 30.3 Å². The van der Waals surface area contributed by atoms with E-state index in [0.29, 0.717) is 18.2 Å². The first-order valence-corrected chi connectivity index (χ1v) is 12.6. The number of likely N-dealkylation sites (tertiary alicyclic amines) is 1. The van der Waals surface area contributed by atoms with Gasteiger partial charge in [0.15, 0.2) is 5.75 Å². The van der Waals surface area contributed by atoms with Gasteiger partial charge >= 0.3 is 12.2 Å². The normalized spacial score (nSPS) is 24.7. The molecule has 186 valence electrons. The van der Waals surface area contributed by atoms with Crippen molar-refractivity contribution in [1.82, 2.24) is 4.90 Å². The van der Waals surface area contributed by atoms with Crippen molar-refractivity contribution in [2.75, 3.05) is 6.54 Å². The Kier molecular flexibility index (Phi) is 6.58. The topological polar surface area (TPSA) is 74.3 Å². The third kappa shape index (κ3) is 4.68. The van der Waals surface area contributed by atoms with Crippen molar-refractivity contribution in [3.8, 4) is 5.75 Å². The lowest BCUT2D eigenvalue weighted by atomic mass is 9.52. The van der Waals surface area contributed by atoms with Crippen LogP contribution in [0.1, 0.15) is 62.6 Å². The number of nitrogens with zero attached hydrogens (tertiary/aromatic N) is 1. The van der Waals surface area contributed by atoms with Gasteiger partial charge in [-0.2, -0.15) is 4.79 Å². The third-order valence-corrected chi connectivity index (χ3v) is 7.79. The van der Waals surface area contributed by atoms with Crippen LogP contribution in [0.5, 0.6) is 5.75 Å². The van der Waals surface area contributed by atoms with Gasteiger partial charge in [0.1, 0.15) is 6.61 Å². The Morgan fingerprint density at radius 2 is 1.91 bits per heavy atom. The lowest BCUT2D eigenvalue weighted by Gasteiger charge is -2.58. The van der Waals surface area contributed by atoms with Crippen LogP contribution in [0.4, 0.5) is 9.59 Å². The molecule has 1 aliphatic heterocycles. The van der Waals surface area contributed by atoms with Crippen LogP contribution in [0, 0.1) is 5.92 Å². The van der Waals surface area contributed by atoms with E-state index in [1.807, 2.05) is 53.4 Å². The molecule has 2 aromatic carbocycles. The van der Waals surface area contributed by atoms with Crippen molar-refractivity contribution < 1.29 is 28.8 Å². The van der Waals surface area contributed by atoms with Gasteiger partial charge in [0.2, 0.25) is 0 Å². The third-order valence-electron chi connectivity index (χ3n) is 7.79. The summed E-state index contributed by atoms with van der Waals surface area (Å²) >= 11 is 0. The maximum atomic E-state index is 13.2. The second kappa shape index (κ2) is 9.80. The molecule has 2 aromatic rings. The Bertz CT molecular complexity index is 1070. The van der Waals surface area contributed by atoms with E-state index in [4.69, 9.17) is 19.2 Å². The molecule has 3 aliphatic rings. The first-order valence-electron chi connectivity index (χ1n) is 12.6. The maximum absolute atomic E-state index is 13.2. The number of carbonyl (C=O) groups is 2. The van der Waals surface area contributed by atoms with Gasteiger partial charge in [-0.15, -0.1) is 0 Å². The summed E-state index contributed by atoms with van der Waals surface area (Å²) in [5.74, 6) is 0.871. The highest BCUT2D eigenvalue weighted by molar-refractivity contribution is 5.69. The summed E-state index contributed by atoms with van der Waals surface area (Å²) in [6.07, 6.45) is 4.85. The molecule has 7 heteroatoms. The Morgan fingerprint density at radius 3 is 2.71 bits per heavy atom. The summed E-state index contributed by atoms with van der Waals surface area (Å²) in [6.45, 7) is 4.47. The van der Waals surface area contributed by atoms with Gasteiger partial charge in [-0.3, -0.25) is 4.89 Å². The quantitative estimate of drug-likeness (QED) is 0.300. The molecule has 7 nitrogen and oxygen atoms in total. The van der Waals surface area contributed by atoms with Gasteiger partial charge in [-0.1, -0.05) is 49.2 Å². The van der Waals surface area contributed by atoms with Crippen molar-refractivity contribution in [1.29, 1.82) is 0 Å². The van der Waals surface area contributed by atoms with E-state index >= 15 is 0 Å². The molecule has 0 unspecified atom stereocenters. The molecule has 0 aromatic heterocycles.